The Balaban J connectivity index is 1.79. The van der Waals surface area contributed by atoms with Crippen LogP contribution in [0.3, 0.4) is 0 Å². The maximum absolute atomic E-state index is 14.2. The van der Waals surface area contributed by atoms with Gasteiger partial charge in [0.1, 0.15) is 11.3 Å². The van der Waals surface area contributed by atoms with Crippen molar-refractivity contribution in [2.75, 3.05) is 38.7 Å². The van der Waals surface area contributed by atoms with Crippen molar-refractivity contribution < 1.29 is 24.0 Å². The van der Waals surface area contributed by atoms with Crippen molar-refractivity contribution >= 4 is 46.6 Å². The largest absolute Gasteiger partial charge is 0.497 e. The van der Waals surface area contributed by atoms with E-state index in [-0.39, 0.29) is 10.6 Å². The van der Waals surface area contributed by atoms with Crippen molar-refractivity contribution in [1.82, 2.24) is 4.90 Å². The molecule has 39 heavy (non-hydrogen) atoms. The van der Waals surface area contributed by atoms with Crippen molar-refractivity contribution in [1.29, 1.82) is 0 Å². The number of nitro benzene ring substituents is 1. The SMILES string of the molecule is CCN(C)CCN1C(=O)[C@H](OC(=O)c2ccc(Cl)cc2[N+](=O)[O-])[C@H](c2ccc(OC)cc2)Sc2ccccc21. The smallest absolute Gasteiger partial charge is 0.346 e. The van der Waals surface area contributed by atoms with Gasteiger partial charge in [-0.2, -0.15) is 0 Å². The van der Waals surface area contributed by atoms with Gasteiger partial charge in [-0.25, -0.2) is 4.79 Å². The van der Waals surface area contributed by atoms with Crippen LogP contribution in [0.1, 0.15) is 28.1 Å². The Hall–Kier alpha value is -3.60. The van der Waals surface area contributed by atoms with E-state index in [1.54, 1.807) is 24.1 Å². The predicted octanol–water partition coefficient (Wildman–Crippen LogP) is 5.61. The number of fused-ring (bicyclic) bond motifs is 1. The Labute approximate surface area is 235 Å². The molecule has 3 aromatic carbocycles. The van der Waals surface area contributed by atoms with Gasteiger partial charge >= 0.3 is 5.97 Å². The van der Waals surface area contributed by atoms with E-state index in [0.29, 0.717) is 24.5 Å². The fourth-order valence-electron chi connectivity index (χ4n) is 4.20. The van der Waals surface area contributed by atoms with Crippen molar-refractivity contribution in [2.45, 2.75) is 23.2 Å². The number of nitrogens with zero attached hydrogens (tertiary/aromatic N) is 3. The molecule has 3 aromatic rings. The zero-order valence-electron chi connectivity index (χ0n) is 21.7. The second-order valence-corrected chi connectivity index (χ2v) is 10.5. The second-order valence-electron chi connectivity index (χ2n) is 8.91. The van der Waals surface area contributed by atoms with Crippen LogP contribution in [0, 0.1) is 10.1 Å². The minimum Gasteiger partial charge on any atom is -0.497 e. The lowest BCUT2D eigenvalue weighted by Crippen LogP contribution is -2.45. The standard InChI is InChI=1S/C28H28ClN3O6S/c1-4-30(2)15-16-31-22-7-5-6-8-24(22)39-26(18-9-12-20(37-3)13-10-18)25(27(31)33)38-28(34)21-14-11-19(29)17-23(21)32(35)36/h5-14,17,25-26H,4,15-16H2,1-3H3/t25-,26+/m1/s1. The molecule has 0 N–H and O–H groups in total. The predicted molar refractivity (Wildman–Crippen MR) is 151 cm³/mol. The Morgan fingerprint density at radius 3 is 2.54 bits per heavy atom. The van der Waals surface area contributed by atoms with Crippen LogP contribution in [0.2, 0.25) is 5.02 Å². The molecule has 9 nitrogen and oxygen atoms in total. The van der Waals surface area contributed by atoms with Crippen LogP contribution >= 0.6 is 23.4 Å². The molecule has 204 valence electrons. The van der Waals surface area contributed by atoms with Gasteiger partial charge in [0, 0.05) is 29.1 Å². The number of ether oxygens (including phenoxy) is 2. The molecule has 1 heterocycles. The summed E-state index contributed by atoms with van der Waals surface area (Å²) in [6.45, 7) is 3.78. The molecule has 0 unspecified atom stereocenters. The van der Waals surface area contributed by atoms with E-state index in [1.165, 1.54) is 23.9 Å². The number of benzene rings is 3. The van der Waals surface area contributed by atoms with Gasteiger partial charge in [-0.3, -0.25) is 14.9 Å². The Bertz CT molecular complexity index is 1370. The molecular formula is C28H28ClN3O6S. The van der Waals surface area contributed by atoms with Crippen LogP contribution in [0.5, 0.6) is 5.75 Å². The number of hydrogen-bond acceptors (Lipinski definition) is 8. The van der Waals surface area contributed by atoms with E-state index < -0.39 is 33.8 Å². The van der Waals surface area contributed by atoms with Crippen LogP contribution in [0.4, 0.5) is 11.4 Å². The lowest BCUT2D eigenvalue weighted by atomic mass is 10.0. The molecule has 1 aliphatic rings. The Kier molecular flexibility index (Phi) is 9.11. The highest BCUT2D eigenvalue weighted by Crippen LogP contribution is 2.47. The molecule has 2 atom stereocenters. The number of rotatable bonds is 9. The topological polar surface area (TPSA) is 102 Å². The number of methoxy groups -OCH3 is 1. The molecule has 11 heteroatoms. The minimum absolute atomic E-state index is 0.108. The van der Waals surface area contributed by atoms with Crippen molar-refractivity contribution in [3.8, 4) is 5.75 Å². The summed E-state index contributed by atoms with van der Waals surface area (Å²) >= 11 is 7.34. The summed E-state index contributed by atoms with van der Waals surface area (Å²) in [5, 5.41) is 11.1. The molecule has 0 bridgehead atoms. The summed E-state index contributed by atoms with van der Waals surface area (Å²) in [6, 6.07) is 18.4. The molecule has 0 radical (unpaired) electrons. The fourth-order valence-corrected chi connectivity index (χ4v) is 5.68. The monoisotopic (exact) mass is 569 g/mol. The third-order valence-corrected chi connectivity index (χ3v) is 8.10. The van der Waals surface area contributed by atoms with E-state index in [1.807, 2.05) is 50.4 Å². The number of carbonyl (C=O) groups is 2. The van der Waals surface area contributed by atoms with Crippen LogP contribution in [0.15, 0.2) is 71.6 Å². The van der Waals surface area contributed by atoms with Gasteiger partial charge < -0.3 is 19.3 Å². The Morgan fingerprint density at radius 2 is 1.87 bits per heavy atom. The number of anilines is 1. The number of hydrogen-bond donors (Lipinski definition) is 0. The summed E-state index contributed by atoms with van der Waals surface area (Å²) < 4.78 is 11.2. The molecule has 0 saturated carbocycles. The number of amides is 1. The number of nitro groups is 1. The number of esters is 1. The van der Waals surface area contributed by atoms with Gasteiger partial charge in [-0.05, 0) is 55.6 Å². The lowest BCUT2D eigenvalue weighted by molar-refractivity contribution is -0.385. The number of thioether (sulfide) groups is 1. The van der Waals surface area contributed by atoms with Gasteiger partial charge in [0.2, 0.25) is 0 Å². The third-order valence-electron chi connectivity index (χ3n) is 6.49. The molecule has 0 spiro atoms. The average molecular weight is 570 g/mol. The first-order chi connectivity index (χ1) is 18.7. The van der Waals surface area contributed by atoms with Gasteiger partial charge in [-0.15, -0.1) is 11.8 Å². The highest BCUT2D eigenvalue weighted by Gasteiger charge is 2.42. The van der Waals surface area contributed by atoms with Crippen LogP contribution < -0.4 is 9.64 Å². The first kappa shape index (κ1) is 28.4. The molecule has 0 saturated heterocycles. The quantitative estimate of drug-likeness (QED) is 0.186. The van der Waals surface area contributed by atoms with Crippen LogP contribution in [-0.4, -0.2) is 61.6 Å². The normalized spacial score (nSPS) is 16.9. The van der Waals surface area contributed by atoms with Gasteiger partial charge in [-0.1, -0.05) is 42.8 Å². The summed E-state index contributed by atoms with van der Waals surface area (Å²) in [5.41, 5.74) is 0.674. The van der Waals surface area contributed by atoms with Crippen molar-refractivity contribution in [3.63, 3.8) is 0 Å². The fraction of sp³-hybridized carbons (Fsp3) is 0.286. The highest BCUT2D eigenvalue weighted by atomic mass is 35.5. The van der Waals surface area contributed by atoms with E-state index in [4.69, 9.17) is 21.1 Å². The van der Waals surface area contributed by atoms with Crippen LogP contribution in [-0.2, 0) is 9.53 Å². The first-order valence-corrected chi connectivity index (χ1v) is 13.5. The third kappa shape index (κ3) is 6.35. The molecule has 0 aromatic heterocycles. The zero-order chi connectivity index (χ0) is 28.1. The minimum atomic E-state index is -1.27. The van der Waals surface area contributed by atoms with Crippen LogP contribution in [0.25, 0.3) is 0 Å². The van der Waals surface area contributed by atoms with E-state index in [9.17, 15) is 19.7 Å². The van der Waals surface area contributed by atoms with Crippen molar-refractivity contribution in [2.24, 2.45) is 0 Å². The Morgan fingerprint density at radius 1 is 1.15 bits per heavy atom. The maximum atomic E-state index is 14.2. The lowest BCUT2D eigenvalue weighted by Gasteiger charge is -2.29. The summed E-state index contributed by atoms with van der Waals surface area (Å²) in [7, 11) is 3.52. The van der Waals surface area contributed by atoms with Gasteiger partial charge in [0.25, 0.3) is 11.6 Å². The molecular weight excluding hydrogens is 542 g/mol. The summed E-state index contributed by atoms with van der Waals surface area (Å²) in [4.78, 5) is 43.1. The number of likely N-dealkylation sites (N-methyl/N-ethyl adjacent to an activating group) is 1. The number of halogens is 1. The summed E-state index contributed by atoms with van der Waals surface area (Å²) in [6.07, 6.45) is -1.27. The molecule has 0 aliphatic carbocycles. The number of carbonyl (C=O) groups excluding carboxylic acids is 2. The molecule has 1 amide bonds. The maximum Gasteiger partial charge on any atom is 0.346 e. The van der Waals surface area contributed by atoms with E-state index in [0.717, 1.165) is 23.1 Å². The average Bonchev–Trinajstić information content (AvgIpc) is 3.05. The molecule has 0 fully saturated rings. The summed E-state index contributed by atoms with van der Waals surface area (Å²) in [5.74, 6) is -0.756. The molecule has 1 aliphatic heterocycles. The van der Waals surface area contributed by atoms with Crippen molar-refractivity contribution in [3.05, 3.63) is 93.0 Å². The van der Waals surface area contributed by atoms with E-state index in [2.05, 4.69) is 4.90 Å². The highest BCUT2D eigenvalue weighted by molar-refractivity contribution is 7.99. The zero-order valence-corrected chi connectivity index (χ0v) is 23.3. The van der Waals surface area contributed by atoms with Gasteiger partial charge in [0.05, 0.1) is 23.0 Å². The van der Waals surface area contributed by atoms with Gasteiger partial charge in [0.15, 0.2) is 6.10 Å². The number of para-hydroxylation sites is 1. The second kappa shape index (κ2) is 12.5. The first-order valence-electron chi connectivity index (χ1n) is 12.3. The van der Waals surface area contributed by atoms with E-state index >= 15 is 0 Å². The molecule has 4 rings (SSSR count).